The molecule has 0 fully saturated rings. The van der Waals surface area contributed by atoms with Gasteiger partial charge in [-0.15, -0.1) is 0 Å². The zero-order valence-electron chi connectivity index (χ0n) is 11.9. The van der Waals surface area contributed by atoms with Crippen molar-refractivity contribution in [1.82, 2.24) is 0 Å². The number of benzene rings is 1. The summed E-state index contributed by atoms with van der Waals surface area (Å²) in [6, 6.07) is 2.57. The molecule has 1 atom stereocenters. The van der Waals surface area contributed by atoms with E-state index in [2.05, 4.69) is 46.0 Å². The average molecular weight is 234 g/mol. The third-order valence-corrected chi connectivity index (χ3v) is 3.50. The van der Waals surface area contributed by atoms with Crippen molar-refractivity contribution >= 4 is 5.69 Å². The van der Waals surface area contributed by atoms with Crippen LogP contribution in [0.2, 0.25) is 0 Å². The summed E-state index contributed by atoms with van der Waals surface area (Å²) in [4.78, 5) is 0. The lowest BCUT2D eigenvalue weighted by Crippen LogP contribution is -2.16. The van der Waals surface area contributed by atoms with Crippen molar-refractivity contribution in [3.8, 4) is 0 Å². The Labute approximate surface area is 106 Å². The quantitative estimate of drug-likeness (QED) is 0.766. The van der Waals surface area contributed by atoms with E-state index < -0.39 is 0 Å². The fourth-order valence-electron chi connectivity index (χ4n) is 2.12. The van der Waals surface area contributed by atoms with Crippen LogP contribution >= 0.6 is 0 Å². The maximum atomic E-state index is 5.75. The van der Waals surface area contributed by atoms with Crippen LogP contribution in [0.4, 0.5) is 5.69 Å². The molecule has 0 aliphatic rings. The van der Waals surface area contributed by atoms with Gasteiger partial charge in [0.15, 0.2) is 0 Å². The molecule has 0 saturated heterocycles. The first-order valence-electron chi connectivity index (χ1n) is 6.50. The smallest absolute Gasteiger partial charge is 0.0404 e. The highest BCUT2D eigenvalue weighted by atomic mass is 14.9. The highest BCUT2D eigenvalue weighted by Gasteiger charge is 2.07. The minimum atomic E-state index is 0.304. The minimum absolute atomic E-state index is 0.304. The van der Waals surface area contributed by atoms with E-state index in [0.29, 0.717) is 6.04 Å². The predicted molar refractivity (Wildman–Crippen MR) is 76.8 cm³/mol. The van der Waals surface area contributed by atoms with E-state index >= 15 is 0 Å². The normalized spacial score (nSPS) is 12.6. The first-order valence-corrected chi connectivity index (χ1v) is 6.50. The maximum absolute atomic E-state index is 5.75. The van der Waals surface area contributed by atoms with E-state index in [9.17, 15) is 0 Å². The van der Waals surface area contributed by atoms with Gasteiger partial charge in [0.25, 0.3) is 0 Å². The number of nitrogens with one attached hydrogen (secondary N) is 1. The van der Waals surface area contributed by atoms with Gasteiger partial charge in [-0.1, -0.05) is 6.07 Å². The van der Waals surface area contributed by atoms with Crippen LogP contribution in [0.1, 0.15) is 42.0 Å². The summed E-state index contributed by atoms with van der Waals surface area (Å²) in [5, 5.41) is 3.56. The summed E-state index contributed by atoms with van der Waals surface area (Å²) in [7, 11) is 0. The maximum Gasteiger partial charge on any atom is 0.0404 e. The Morgan fingerprint density at radius 3 is 2.12 bits per heavy atom. The van der Waals surface area contributed by atoms with Crippen molar-refractivity contribution in [3.63, 3.8) is 0 Å². The van der Waals surface area contributed by atoms with Gasteiger partial charge in [-0.25, -0.2) is 0 Å². The topological polar surface area (TPSA) is 38.0 Å². The highest BCUT2D eigenvalue weighted by molar-refractivity contribution is 5.62. The molecule has 0 aromatic heterocycles. The molecular formula is C15H26N2. The molecule has 2 heteroatoms. The molecule has 2 nitrogen and oxygen atoms in total. The van der Waals surface area contributed by atoms with Crippen LogP contribution in [-0.2, 0) is 0 Å². The largest absolute Gasteiger partial charge is 0.385 e. The van der Waals surface area contributed by atoms with E-state index in [1.165, 1.54) is 27.9 Å². The Hall–Kier alpha value is -1.02. The molecule has 3 N–H and O–H groups in total. The monoisotopic (exact) mass is 234 g/mol. The molecule has 0 amide bonds. The second kappa shape index (κ2) is 6.06. The second-order valence-electron chi connectivity index (χ2n) is 5.18. The van der Waals surface area contributed by atoms with Crippen molar-refractivity contribution in [3.05, 3.63) is 28.3 Å². The molecule has 1 aromatic carbocycles. The zero-order chi connectivity index (χ0) is 13.0. The molecule has 0 radical (unpaired) electrons. The minimum Gasteiger partial charge on any atom is -0.385 e. The van der Waals surface area contributed by atoms with Gasteiger partial charge in [-0.3, -0.25) is 0 Å². The van der Waals surface area contributed by atoms with Crippen LogP contribution in [0.3, 0.4) is 0 Å². The molecule has 0 bridgehead atoms. The lowest BCUT2D eigenvalue weighted by atomic mass is 9.98. The van der Waals surface area contributed by atoms with Gasteiger partial charge in [0.2, 0.25) is 0 Å². The molecule has 96 valence electrons. The van der Waals surface area contributed by atoms with Gasteiger partial charge in [0.1, 0.15) is 0 Å². The molecule has 0 saturated carbocycles. The summed E-state index contributed by atoms with van der Waals surface area (Å²) in [6.45, 7) is 11.8. The Morgan fingerprint density at radius 2 is 1.65 bits per heavy atom. The van der Waals surface area contributed by atoms with Crippen LogP contribution in [0, 0.1) is 27.7 Å². The SMILES string of the molecule is Cc1cc(C)c(C)c(NCCCC(C)N)c1C. The third kappa shape index (κ3) is 3.74. The molecule has 0 aliphatic heterocycles. The van der Waals surface area contributed by atoms with Crippen molar-refractivity contribution in [2.45, 2.75) is 53.5 Å². The van der Waals surface area contributed by atoms with E-state index in [0.717, 1.165) is 19.4 Å². The van der Waals surface area contributed by atoms with Crippen LogP contribution in [-0.4, -0.2) is 12.6 Å². The summed E-state index contributed by atoms with van der Waals surface area (Å²) in [6.07, 6.45) is 2.21. The molecule has 1 aromatic rings. The van der Waals surface area contributed by atoms with Gasteiger partial charge < -0.3 is 11.1 Å². The summed E-state index contributed by atoms with van der Waals surface area (Å²) >= 11 is 0. The second-order valence-corrected chi connectivity index (χ2v) is 5.18. The molecule has 0 heterocycles. The van der Waals surface area contributed by atoms with E-state index in [-0.39, 0.29) is 0 Å². The third-order valence-electron chi connectivity index (χ3n) is 3.50. The number of nitrogens with two attached hydrogens (primary N) is 1. The lowest BCUT2D eigenvalue weighted by Gasteiger charge is -2.17. The Bertz CT molecular complexity index is 355. The predicted octanol–water partition coefficient (Wildman–Crippen LogP) is 3.46. The van der Waals surface area contributed by atoms with Gasteiger partial charge in [-0.2, -0.15) is 0 Å². The number of aryl methyl sites for hydroxylation is 2. The first-order chi connectivity index (χ1) is 7.93. The molecule has 1 rings (SSSR count). The number of anilines is 1. The highest BCUT2D eigenvalue weighted by Crippen LogP contribution is 2.26. The molecule has 0 spiro atoms. The van der Waals surface area contributed by atoms with E-state index in [1.807, 2.05) is 0 Å². The lowest BCUT2D eigenvalue weighted by molar-refractivity contribution is 0.639. The first kappa shape index (κ1) is 14.0. The van der Waals surface area contributed by atoms with Gasteiger partial charge >= 0.3 is 0 Å². The van der Waals surface area contributed by atoms with Gasteiger partial charge in [0, 0.05) is 18.3 Å². The van der Waals surface area contributed by atoms with Crippen molar-refractivity contribution in [2.24, 2.45) is 5.73 Å². The summed E-state index contributed by atoms with van der Waals surface area (Å²) in [5.74, 6) is 0. The van der Waals surface area contributed by atoms with Crippen LogP contribution < -0.4 is 11.1 Å². The van der Waals surface area contributed by atoms with E-state index in [4.69, 9.17) is 5.73 Å². The Balaban J connectivity index is 2.70. The van der Waals surface area contributed by atoms with Gasteiger partial charge in [-0.05, 0) is 69.7 Å². The standard InChI is InChI=1S/C15H26N2/c1-10-9-11(2)14(5)15(13(10)4)17-8-6-7-12(3)16/h9,12,17H,6-8,16H2,1-5H3. The number of rotatable bonds is 5. The molecular weight excluding hydrogens is 208 g/mol. The van der Waals surface area contributed by atoms with Crippen molar-refractivity contribution in [1.29, 1.82) is 0 Å². The molecule has 17 heavy (non-hydrogen) atoms. The van der Waals surface area contributed by atoms with Crippen LogP contribution in [0.25, 0.3) is 0 Å². The fourth-order valence-corrected chi connectivity index (χ4v) is 2.12. The molecule has 0 aliphatic carbocycles. The summed E-state index contributed by atoms with van der Waals surface area (Å²) < 4.78 is 0. The Morgan fingerprint density at radius 1 is 1.12 bits per heavy atom. The van der Waals surface area contributed by atoms with Crippen molar-refractivity contribution in [2.75, 3.05) is 11.9 Å². The average Bonchev–Trinajstić information content (AvgIpc) is 2.25. The molecule has 1 unspecified atom stereocenters. The van der Waals surface area contributed by atoms with Crippen LogP contribution in [0.5, 0.6) is 0 Å². The van der Waals surface area contributed by atoms with Crippen LogP contribution in [0.15, 0.2) is 6.07 Å². The summed E-state index contributed by atoms with van der Waals surface area (Å²) in [5.41, 5.74) is 12.5. The zero-order valence-corrected chi connectivity index (χ0v) is 11.9. The van der Waals surface area contributed by atoms with Crippen molar-refractivity contribution < 1.29 is 0 Å². The number of hydrogen-bond acceptors (Lipinski definition) is 2. The number of hydrogen-bond donors (Lipinski definition) is 2. The van der Waals surface area contributed by atoms with E-state index in [1.54, 1.807) is 0 Å². The fraction of sp³-hybridized carbons (Fsp3) is 0.600. The Kier molecular flexibility index (Phi) is 5.01. The van der Waals surface area contributed by atoms with Gasteiger partial charge in [0.05, 0.1) is 0 Å².